The van der Waals surface area contributed by atoms with Crippen LogP contribution in [-0.4, -0.2) is 60.9 Å². The van der Waals surface area contributed by atoms with E-state index in [1.807, 2.05) is 0 Å². The van der Waals surface area contributed by atoms with Gasteiger partial charge in [-0.15, -0.1) is 0 Å². The number of unbranched alkanes of at least 4 members (excludes halogenated alkanes) is 1. The van der Waals surface area contributed by atoms with Gasteiger partial charge in [0.15, 0.2) is 0 Å². The Labute approximate surface area is 260 Å². The Balaban J connectivity index is 1.83. The molecule has 3 N–H and O–H groups in total. The first-order valence-corrected chi connectivity index (χ1v) is 15.6. The number of hydrogen-bond acceptors (Lipinski definition) is 9. The Kier molecular flexibility index (Phi) is 10.7. The van der Waals surface area contributed by atoms with E-state index in [1.54, 1.807) is 48.5 Å². The SMILES string of the molecule is COC(=O)[C@H](CCCCN)N(C(=O)OCc1ccccc1)C(=O)c1cc2ccccc2n1S(=O)(=O)c1ccc(NC(C)=O)cc1. The Morgan fingerprint density at radius 3 is 2.24 bits per heavy atom. The van der Waals surface area contributed by atoms with E-state index >= 15 is 0 Å². The van der Waals surface area contributed by atoms with Gasteiger partial charge in [0.25, 0.3) is 15.9 Å². The van der Waals surface area contributed by atoms with Crippen molar-refractivity contribution in [3.8, 4) is 0 Å². The summed E-state index contributed by atoms with van der Waals surface area (Å²) in [5.41, 5.74) is 6.42. The highest BCUT2D eigenvalue weighted by Gasteiger charge is 2.40. The maximum Gasteiger partial charge on any atom is 0.418 e. The van der Waals surface area contributed by atoms with Crippen LogP contribution in [0.2, 0.25) is 0 Å². The molecule has 0 aliphatic carbocycles. The number of anilines is 1. The molecule has 45 heavy (non-hydrogen) atoms. The lowest BCUT2D eigenvalue weighted by Gasteiger charge is -2.28. The summed E-state index contributed by atoms with van der Waals surface area (Å²) in [4.78, 5) is 53.0. The first kappa shape index (κ1) is 32.9. The molecule has 0 fully saturated rings. The van der Waals surface area contributed by atoms with Gasteiger partial charge in [-0.1, -0.05) is 48.5 Å². The number of nitrogens with zero attached hydrogens (tertiary/aromatic N) is 2. The van der Waals surface area contributed by atoms with Crippen LogP contribution in [0.1, 0.15) is 42.2 Å². The third-order valence-corrected chi connectivity index (χ3v) is 8.68. The third-order valence-electron chi connectivity index (χ3n) is 6.94. The number of carbonyl (C=O) groups excluding carboxylic acids is 4. The highest BCUT2D eigenvalue weighted by Crippen LogP contribution is 2.29. The fraction of sp³-hybridized carbons (Fsp3) is 0.250. The highest BCUT2D eigenvalue weighted by atomic mass is 32.2. The number of para-hydroxylation sites is 1. The molecular formula is C32H34N4O8S. The second-order valence-electron chi connectivity index (χ2n) is 10.1. The Morgan fingerprint density at radius 1 is 0.933 bits per heavy atom. The fourth-order valence-electron chi connectivity index (χ4n) is 4.79. The van der Waals surface area contributed by atoms with Crippen molar-refractivity contribution in [2.45, 2.75) is 43.7 Å². The number of carbonyl (C=O) groups is 4. The molecule has 13 heteroatoms. The number of ether oxygens (including phenoxy) is 2. The number of methoxy groups -OCH3 is 1. The third kappa shape index (κ3) is 7.56. The molecule has 0 unspecified atom stereocenters. The van der Waals surface area contributed by atoms with Crippen LogP contribution in [0.5, 0.6) is 0 Å². The van der Waals surface area contributed by atoms with E-state index in [0.29, 0.717) is 40.9 Å². The zero-order valence-corrected chi connectivity index (χ0v) is 25.7. The van der Waals surface area contributed by atoms with E-state index in [9.17, 15) is 27.6 Å². The lowest BCUT2D eigenvalue weighted by Crippen LogP contribution is -2.50. The second-order valence-corrected chi connectivity index (χ2v) is 11.9. The zero-order chi connectivity index (χ0) is 32.6. The molecule has 236 valence electrons. The van der Waals surface area contributed by atoms with Crippen LogP contribution in [0.3, 0.4) is 0 Å². The average Bonchev–Trinajstić information content (AvgIpc) is 3.44. The molecular weight excluding hydrogens is 600 g/mol. The number of fused-ring (bicyclic) bond motifs is 1. The van der Waals surface area contributed by atoms with Gasteiger partial charge in [0.2, 0.25) is 5.91 Å². The summed E-state index contributed by atoms with van der Waals surface area (Å²) < 4.78 is 39.5. The molecule has 4 rings (SSSR count). The Morgan fingerprint density at radius 2 is 1.60 bits per heavy atom. The Hall–Kier alpha value is -5.01. The summed E-state index contributed by atoms with van der Waals surface area (Å²) in [5, 5.41) is 2.97. The number of hydrogen-bond donors (Lipinski definition) is 2. The summed E-state index contributed by atoms with van der Waals surface area (Å²) >= 11 is 0. The van der Waals surface area contributed by atoms with Gasteiger partial charge in [0.05, 0.1) is 17.5 Å². The summed E-state index contributed by atoms with van der Waals surface area (Å²) in [7, 11) is -3.33. The first-order chi connectivity index (χ1) is 21.6. The van der Waals surface area contributed by atoms with Gasteiger partial charge in [0, 0.05) is 18.0 Å². The number of esters is 1. The standard InChI is InChI=1S/C32H34N4O8S/c1-22(37)34-25-15-17-26(18-16-25)45(41,42)36-27-13-7-6-12-24(27)20-29(36)30(38)35(28(31(39)43-2)14-8-9-19-33)32(40)44-21-23-10-4-3-5-11-23/h3-7,10-13,15-18,20,28H,8-9,14,19,21,33H2,1-2H3,(H,34,37)/t28-/m0/s1. The smallest absolute Gasteiger partial charge is 0.418 e. The van der Waals surface area contributed by atoms with Crippen molar-refractivity contribution >= 4 is 50.5 Å². The number of aromatic nitrogens is 1. The average molecular weight is 635 g/mol. The van der Waals surface area contributed by atoms with Crippen molar-refractivity contribution in [3.63, 3.8) is 0 Å². The molecule has 0 aliphatic heterocycles. The predicted octanol–water partition coefficient (Wildman–Crippen LogP) is 4.29. The first-order valence-electron chi connectivity index (χ1n) is 14.1. The summed E-state index contributed by atoms with van der Waals surface area (Å²) in [6.07, 6.45) is -0.278. The number of nitrogens with two attached hydrogens (primary N) is 1. The van der Waals surface area contributed by atoms with Crippen LogP contribution in [0, 0.1) is 0 Å². The number of nitrogens with one attached hydrogen (secondary N) is 1. The van der Waals surface area contributed by atoms with Crippen LogP contribution in [0.15, 0.2) is 89.8 Å². The molecule has 0 spiro atoms. The molecule has 3 amide bonds. The summed E-state index contributed by atoms with van der Waals surface area (Å²) in [5.74, 6) is -2.29. The number of amides is 3. The lowest BCUT2D eigenvalue weighted by atomic mass is 10.1. The van der Waals surface area contributed by atoms with Gasteiger partial charge in [-0.05, 0) is 67.8 Å². The van der Waals surface area contributed by atoms with Gasteiger partial charge in [-0.25, -0.2) is 26.9 Å². The largest absolute Gasteiger partial charge is 0.467 e. The molecule has 4 aromatic rings. The number of imide groups is 1. The second kappa shape index (κ2) is 14.6. The number of rotatable bonds is 12. The van der Waals surface area contributed by atoms with Gasteiger partial charge in [-0.2, -0.15) is 0 Å². The van der Waals surface area contributed by atoms with E-state index in [0.717, 1.165) is 11.1 Å². The van der Waals surface area contributed by atoms with Gasteiger partial charge < -0.3 is 20.5 Å². The van der Waals surface area contributed by atoms with Crippen LogP contribution in [-0.2, 0) is 35.7 Å². The molecule has 1 atom stereocenters. The van der Waals surface area contributed by atoms with Crippen molar-refractivity contribution in [2.75, 3.05) is 19.0 Å². The van der Waals surface area contributed by atoms with E-state index in [1.165, 1.54) is 43.3 Å². The molecule has 0 aliphatic rings. The van der Waals surface area contributed by atoms with Gasteiger partial charge in [0.1, 0.15) is 18.3 Å². The minimum atomic E-state index is -4.46. The van der Waals surface area contributed by atoms with Crippen LogP contribution in [0.25, 0.3) is 10.9 Å². The fourth-order valence-corrected chi connectivity index (χ4v) is 6.30. The van der Waals surface area contributed by atoms with Crippen molar-refractivity contribution in [2.24, 2.45) is 5.73 Å². The van der Waals surface area contributed by atoms with Gasteiger partial charge >= 0.3 is 12.1 Å². The molecule has 12 nitrogen and oxygen atoms in total. The number of benzene rings is 3. The topological polar surface area (TPSA) is 167 Å². The molecule has 0 bridgehead atoms. The van der Waals surface area contributed by atoms with Crippen molar-refractivity contribution in [3.05, 3.63) is 96.2 Å². The van der Waals surface area contributed by atoms with Crippen LogP contribution in [0.4, 0.5) is 10.5 Å². The van der Waals surface area contributed by atoms with E-state index in [2.05, 4.69) is 5.32 Å². The van der Waals surface area contributed by atoms with E-state index < -0.39 is 39.7 Å². The molecule has 1 heterocycles. The molecule has 0 radical (unpaired) electrons. The molecule has 0 saturated carbocycles. The molecule has 1 aromatic heterocycles. The predicted molar refractivity (Wildman–Crippen MR) is 167 cm³/mol. The molecule has 0 saturated heterocycles. The molecule has 3 aromatic carbocycles. The van der Waals surface area contributed by atoms with Crippen molar-refractivity contribution < 1.29 is 37.1 Å². The van der Waals surface area contributed by atoms with Gasteiger partial charge in [-0.3, -0.25) is 9.59 Å². The zero-order valence-electron chi connectivity index (χ0n) is 24.8. The summed E-state index contributed by atoms with van der Waals surface area (Å²) in [6, 6.07) is 20.5. The normalized spacial score (nSPS) is 11.9. The summed E-state index contributed by atoms with van der Waals surface area (Å²) in [6.45, 7) is 1.43. The van der Waals surface area contributed by atoms with E-state index in [4.69, 9.17) is 15.2 Å². The maximum absolute atomic E-state index is 14.4. The maximum atomic E-state index is 14.4. The minimum absolute atomic E-state index is 0.00758. The van der Waals surface area contributed by atoms with Crippen LogP contribution >= 0.6 is 0 Å². The lowest BCUT2D eigenvalue weighted by molar-refractivity contribution is -0.146. The van der Waals surface area contributed by atoms with Crippen molar-refractivity contribution in [1.82, 2.24) is 8.87 Å². The van der Waals surface area contributed by atoms with Crippen molar-refractivity contribution in [1.29, 1.82) is 0 Å². The quantitative estimate of drug-likeness (QED) is 0.171. The van der Waals surface area contributed by atoms with Crippen LogP contribution < -0.4 is 11.1 Å². The minimum Gasteiger partial charge on any atom is -0.467 e. The van der Waals surface area contributed by atoms with E-state index in [-0.39, 0.29) is 29.3 Å². The monoisotopic (exact) mass is 634 g/mol. The highest BCUT2D eigenvalue weighted by molar-refractivity contribution is 7.90. The Bertz CT molecular complexity index is 1790.